The number of carbonyl (C=O) groups is 1. The largest absolute Gasteiger partial charge is 1.00 e. The highest BCUT2D eigenvalue weighted by Crippen LogP contribution is 2.26. The molecule has 4 nitrogen and oxygen atoms in total. The van der Waals surface area contributed by atoms with Gasteiger partial charge in [-0.15, -0.1) is 0 Å². The van der Waals surface area contributed by atoms with Crippen molar-refractivity contribution in [1.29, 1.82) is 0 Å². The van der Waals surface area contributed by atoms with E-state index in [1.54, 1.807) is 10.6 Å². The summed E-state index contributed by atoms with van der Waals surface area (Å²) in [5.41, 5.74) is 0.616. The zero-order valence-corrected chi connectivity index (χ0v) is 16.4. The standard InChI is InChI=1S/C17H29N2O2.HI/c1-14(21-17(20)16-11-8-12-18(16)2)13-19(3,4)15-9-6-5-7-10-15;/h8,11-12,14-15H,5-7,9-10,13H2,1-4H3;1H/q+1;/p-1. The third kappa shape index (κ3) is 4.98. The summed E-state index contributed by atoms with van der Waals surface area (Å²) in [6, 6.07) is 4.37. The summed E-state index contributed by atoms with van der Waals surface area (Å²) in [7, 11) is 6.40. The van der Waals surface area contributed by atoms with Gasteiger partial charge in [-0.25, -0.2) is 4.79 Å². The molecular formula is C17H29IN2O2. The van der Waals surface area contributed by atoms with E-state index in [2.05, 4.69) is 14.1 Å². The Morgan fingerprint density at radius 2 is 2.00 bits per heavy atom. The number of quaternary nitrogens is 1. The van der Waals surface area contributed by atoms with Crippen LogP contribution in [-0.4, -0.2) is 47.8 Å². The van der Waals surface area contributed by atoms with Crippen molar-refractivity contribution in [2.24, 2.45) is 7.05 Å². The quantitative estimate of drug-likeness (QED) is 0.381. The molecule has 5 heteroatoms. The molecule has 0 bridgehead atoms. The summed E-state index contributed by atoms with van der Waals surface area (Å²) in [5.74, 6) is -0.223. The molecule has 0 amide bonds. The highest BCUT2D eigenvalue weighted by Gasteiger charge is 2.32. The van der Waals surface area contributed by atoms with Crippen LogP contribution in [0.1, 0.15) is 49.5 Å². The average molecular weight is 420 g/mol. The minimum Gasteiger partial charge on any atom is -1.00 e. The van der Waals surface area contributed by atoms with Crippen LogP contribution in [0.5, 0.6) is 0 Å². The smallest absolute Gasteiger partial charge is 0.355 e. The normalized spacial score (nSPS) is 17.6. The lowest BCUT2D eigenvalue weighted by Crippen LogP contribution is -3.00. The predicted octanol–water partition coefficient (Wildman–Crippen LogP) is -0.0165. The van der Waals surface area contributed by atoms with Gasteiger partial charge < -0.3 is 37.8 Å². The van der Waals surface area contributed by atoms with Crippen molar-refractivity contribution in [3.63, 3.8) is 0 Å². The molecule has 1 atom stereocenters. The maximum absolute atomic E-state index is 12.1. The number of aromatic nitrogens is 1. The molecule has 0 saturated heterocycles. The first-order chi connectivity index (χ1) is 9.90. The number of nitrogens with zero attached hydrogens (tertiary/aromatic N) is 2. The molecule has 1 heterocycles. The number of esters is 1. The van der Waals surface area contributed by atoms with Gasteiger partial charge in [0.1, 0.15) is 18.3 Å². The molecule has 1 aromatic heterocycles. The van der Waals surface area contributed by atoms with Crippen molar-refractivity contribution >= 4 is 5.97 Å². The van der Waals surface area contributed by atoms with E-state index in [0.29, 0.717) is 11.7 Å². The molecule has 0 N–H and O–H groups in total. The van der Waals surface area contributed by atoms with Crippen LogP contribution >= 0.6 is 0 Å². The Labute approximate surface area is 151 Å². The number of rotatable bonds is 5. The molecule has 1 aromatic rings. The van der Waals surface area contributed by atoms with Gasteiger partial charge in [0.05, 0.1) is 20.1 Å². The summed E-state index contributed by atoms with van der Waals surface area (Å²) >= 11 is 0. The van der Waals surface area contributed by atoms with Crippen LogP contribution in [0.25, 0.3) is 0 Å². The Morgan fingerprint density at radius 1 is 1.36 bits per heavy atom. The zero-order chi connectivity index (χ0) is 15.5. The van der Waals surface area contributed by atoms with Crippen LogP contribution in [0.15, 0.2) is 18.3 Å². The van der Waals surface area contributed by atoms with Crippen molar-refractivity contribution in [3.05, 3.63) is 24.0 Å². The molecule has 1 fully saturated rings. The van der Waals surface area contributed by atoms with Gasteiger partial charge in [0, 0.05) is 13.2 Å². The minimum atomic E-state index is -0.223. The maximum Gasteiger partial charge on any atom is 0.355 e. The van der Waals surface area contributed by atoms with Crippen molar-refractivity contribution in [2.45, 2.75) is 51.2 Å². The molecule has 0 radical (unpaired) electrons. The fourth-order valence-corrected chi connectivity index (χ4v) is 3.55. The van der Waals surface area contributed by atoms with Crippen LogP contribution < -0.4 is 24.0 Å². The van der Waals surface area contributed by atoms with Crippen molar-refractivity contribution in [2.75, 3.05) is 20.6 Å². The number of hydrogen-bond acceptors (Lipinski definition) is 2. The van der Waals surface area contributed by atoms with Crippen molar-refractivity contribution < 1.29 is 38.0 Å². The fourth-order valence-electron chi connectivity index (χ4n) is 3.55. The molecule has 0 aromatic carbocycles. The Balaban J connectivity index is 0.00000242. The van der Waals surface area contributed by atoms with E-state index in [0.717, 1.165) is 11.0 Å². The van der Waals surface area contributed by atoms with Gasteiger partial charge in [0.15, 0.2) is 0 Å². The van der Waals surface area contributed by atoms with Crippen LogP contribution in [0.3, 0.4) is 0 Å². The Kier molecular flexibility index (Phi) is 7.38. The van der Waals surface area contributed by atoms with Gasteiger partial charge >= 0.3 is 5.97 Å². The van der Waals surface area contributed by atoms with Crippen LogP contribution in [0.2, 0.25) is 0 Å². The van der Waals surface area contributed by atoms with Gasteiger partial charge in [0.2, 0.25) is 0 Å². The zero-order valence-electron chi connectivity index (χ0n) is 14.2. The van der Waals surface area contributed by atoms with Crippen LogP contribution in [0, 0.1) is 0 Å². The van der Waals surface area contributed by atoms with E-state index < -0.39 is 0 Å². The van der Waals surface area contributed by atoms with E-state index in [1.165, 1.54) is 32.1 Å². The SMILES string of the molecule is CC(C[N+](C)(C)C1CCCCC1)OC(=O)c1cccn1C.[I-]. The lowest BCUT2D eigenvalue weighted by atomic mass is 9.93. The first-order valence-corrected chi connectivity index (χ1v) is 8.05. The Hall–Kier alpha value is -0.560. The number of ether oxygens (including phenoxy) is 1. The van der Waals surface area contributed by atoms with E-state index in [9.17, 15) is 4.79 Å². The summed E-state index contributed by atoms with van der Waals surface area (Å²) in [5, 5.41) is 0. The van der Waals surface area contributed by atoms with Gasteiger partial charge in [0.25, 0.3) is 0 Å². The van der Waals surface area contributed by atoms with E-state index >= 15 is 0 Å². The van der Waals surface area contributed by atoms with Crippen molar-refractivity contribution in [1.82, 2.24) is 4.57 Å². The topological polar surface area (TPSA) is 31.2 Å². The third-order valence-corrected chi connectivity index (χ3v) is 4.75. The average Bonchev–Trinajstić information content (AvgIpc) is 2.85. The van der Waals surface area contributed by atoms with Gasteiger partial charge in [-0.3, -0.25) is 0 Å². The highest BCUT2D eigenvalue weighted by atomic mass is 127. The summed E-state index contributed by atoms with van der Waals surface area (Å²) in [4.78, 5) is 12.1. The second kappa shape index (κ2) is 8.34. The fraction of sp³-hybridized carbons (Fsp3) is 0.706. The van der Waals surface area contributed by atoms with Crippen LogP contribution in [0.4, 0.5) is 0 Å². The van der Waals surface area contributed by atoms with Crippen molar-refractivity contribution in [3.8, 4) is 0 Å². The van der Waals surface area contributed by atoms with Crippen LogP contribution in [-0.2, 0) is 11.8 Å². The predicted molar refractivity (Wildman–Crippen MR) is 84.1 cm³/mol. The molecule has 0 aliphatic heterocycles. The Bertz CT molecular complexity index is 479. The molecule has 2 rings (SSSR count). The summed E-state index contributed by atoms with van der Waals surface area (Å²) < 4.78 is 8.37. The number of likely N-dealkylation sites (N-methyl/N-ethyl adjacent to an activating group) is 1. The molecule has 126 valence electrons. The minimum absolute atomic E-state index is 0. The molecule has 1 unspecified atom stereocenters. The van der Waals surface area contributed by atoms with Gasteiger partial charge in [-0.1, -0.05) is 6.42 Å². The maximum atomic E-state index is 12.1. The Morgan fingerprint density at radius 3 is 2.55 bits per heavy atom. The lowest BCUT2D eigenvalue weighted by Gasteiger charge is -2.41. The van der Waals surface area contributed by atoms with Gasteiger partial charge in [-0.2, -0.15) is 0 Å². The highest BCUT2D eigenvalue weighted by molar-refractivity contribution is 5.87. The van der Waals surface area contributed by atoms with Gasteiger partial charge in [-0.05, 0) is 44.7 Å². The molecular weight excluding hydrogens is 391 g/mol. The summed E-state index contributed by atoms with van der Waals surface area (Å²) in [6.45, 7) is 2.88. The number of hydrogen-bond donors (Lipinski definition) is 0. The molecule has 1 aliphatic rings. The number of aryl methyl sites for hydroxylation is 1. The number of halogens is 1. The second-order valence-electron chi connectivity index (χ2n) is 6.97. The second-order valence-corrected chi connectivity index (χ2v) is 6.97. The monoisotopic (exact) mass is 420 g/mol. The van der Waals surface area contributed by atoms with E-state index in [4.69, 9.17) is 4.74 Å². The number of carbonyl (C=O) groups excluding carboxylic acids is 1. The lowest BCUT2D eigenvalue weighted by molar-refractivity contribution is -0.918. The summed E-state index contributed by atoms with van der Waals surface area (Å²) in [6.07, 6.45) is 8.44. The molecule has 22 heavy (non-hydrogen) atoms. The third-order valence-electron chi connectivity index (χ3n) is 4.75. The molecule has 1 saturated carbocycles. The molecule has 1 aliphatic carbocycles. The molecule has 0 spiro atoms. The first kappa shape index (κ1) is 19.5. The van der Waals surface area contributed by atoms with E-state index in [1.807, 2.05) is 26.2 Å². The first-order valence-electron chi connectivity index (χ1n) is 8.05. The van der Waals surface area contributed by atoms with E-state index in [-0.39, 0.29) is 36.0 Å².